The summed E-state index contributed by atoms with van der Waals surface area (Å²) in [4.78, 5) is 15.2. The maximum absolute atomic E-state index is 13.5. The van der Waals surface area contributed by atoms with Crippen LogP contribution in [0.25, 0.3) is 33.8 Å². The molecular weight excluding hydrogens is 922 g/mol. The van der Waals surface area contributed by atoms with Gasteiger partial charge in [-0.25, -0.2) is 14.5 Å². The molecule has 0 aromatic carbocycles. The van der Waals surface area contributed by atoms with E-state index in [0.717, 1.165) is 53.5 Å². The van der Waals surface area contributed by atoms with E-state index in [2.05, 4.69) is 41.2 Å². The van der Waals surface area contributed by atoms with Crippen LogP contribution < -0.4 is 23.5 Å². The first-order chi connectivity index (χ1) is 27.2. The van der Waals surface area contributed by atoms with Crippen LogP contribution in [0, 0.1) is 22.7 Å². The number of nitrogens with zero attached hydrogens (tertiary/aromatic N) is 10. The van der Waals surface area contributed by atoms with Crippen molar-refractivity contribution in [1.29, 1.82) is 10.5 Å². The molecule has 28 heteroatoms. The number of nitrogens with two attached hydrogens (primary N) is 1. The van der Waals surface area contributed by atoms with E-state index in [1.807, 2.05) is 6.07 Å². The molecule has 2 unspecified atom stereocenters. The Labute approximate surface area is 348 Å². The van der Waals surface area contributed by atoms with Gasteiger partial charge >= 0.3 is 24.7 Å². The van der Waals surface area contributed by atoms with Crippen LogP contribution >= 0.6 is 34.8 Å². The standard InChI is InChI=1S/C16H9ClF6N6.C13H4Cl2F3N5.C3H6F3N.ClH/c1-7(15(18,19)20)27-14-10(11-9(16(21,22)23)3-2-4-25-11)12(17)28-13-8(5-24)6-26-29(13)14;14-10-8(9-7(13(16,17)18)2-1-3-20-9)11(15)23-12(22-10)6(4-19)5-21-23;1-2(7)3(4,5)6;/h2-4,6-7,27H,1H3;1-3,5H;2H,7H2,1H3;1H/p-1. The maximum atomic E-state index is 13.5. The molecule has 6 heterocycles. The molecule has 0 bridgehead atoms. The largest absolute Gasteiger partial charge is 1.00 e. The molecule has 0 aliphatic carbocycles. The van der Waals surface area contributed by atoms with Crippen LogP contribution in [-0.2, 0) is 12.4 Å². The van der Waals surface area contributed by atoms with Crippen molar-refractivity contribution in [3.63, 3.8) is 0 Å². The number of anilines is 1. The Morgan fingerprint density at radius 3 is 1.48 bits per heavy atom. The average molecular weight is 941 g/mol. The van der Waals surface area contributed by atoms with Crippen LogP contribution in [-0.4, -0.2) is 63.6 Å². The number of pyridine rings is 2. The minimum absolute atomic E-state index is 0. The van der Waals surface area contributed by atoms with E-state index in [0.29, 0.717) is 6.07 Å². The molecule has 6 aromatic heterocycles. The molecule has 0 aliphatic heterocycles. The Kier molecular flexibility index (Phi) is 15.1. The topological polar surface area (TPSA) is 172 Å². The molecule has 0 amide bonds. The molecule has 2 atom stereocenters. The van der Waals surface area contributed by atoms with E-state index in [1.54, 1.807) is 6.07 Å². The Hall–Kier alpha value is -5.40. The summed E-state index contributed by atoms with van der Waals surface area (Å²) in [5, 5.41) is 26.7. The van der Waals surface area contributed by atoms with Crippen LogP contribution in [0.1, 0.15) is 36.1 Å². The summed E-state index contributed by atoms with van der Waals surface area (Å²) in [6.07, 6.45) is -14.0. The molecule has 320 valence electrons. The Balaban J connectivity index is 0.000000277. The van der Waals surface area contributed by atoms with Crippen molar-refractivity contribution < 1.29 is 65.1 Å². The lowest BCUT2D eigenvalue weighted by Gasteiger charge is -2.22. The lowest BCUT2D eigenvalue weighted by Crippen LogP contribution is -3.00. The van der Waals surface area contributed by atoms with E-state index >= 15 is 0 Å². The van der Waals surface area contributed by atoms with Crippen LogP contribution in [0.15, 0.2) is 49.1 Å². The van der Waals surface area contributed by atoms with Gasteiger partial charge in [-0.05, 0) is 38.1 Å². The third kappa shape index (κ3) is 10.7. The normalized spacial score (nSPS) is 12.9. The van der Waals surface area contributed by atoms with Gasteiger partial charge in [0.05, 0.1) is 52.1 Å². The summed E-state index contributed by atoms with van der Waals surface area (Å²) in [6, 6.07) is 3.45. The highest BCUT2D eigenvalue weighted by Crippen LogP contribution is 2.43. The van der Waals surface area contributed by atoms with Gasteiger partial charge in [0.2, 0.25) is 0 Å². The van der Waals surface area contributed by atoms with Gasteiger partial charge in [-0.15, -0.1) is 0 Å². The van der Waals surface area contributed by atoms with Crippen molar-refractivity contribution in [1.82, 2.24) is 39.2 Å². The van der Waals surface area contributed by atoms with Crippen LogP contribution in [0.3, 0.4) is 0 Å². The number of aromatic nitrogens is 8. The second-order valence-electron chi connectivity index (χ2n) is 11.5. The van der Waals surface area contributed by atoms with E-state index in [-0.39, 0.29) is 50.7 Å². The van der Waals surface area contributed by atoms with E-state index in [9.17, 15) is 52.7 Å². The quantitative estimate of drug-likeness (QED) is 0.145. The van der Waals surface area contributed by atoms with Crippen molar-refractivity contribution >= 4 is 51.9 Å². The van der Waals surface area contributed by atoms with Crippen molar-refractivity contribution in [2.45, 2.75) is 50.6 Å². The van der Waals surface area contributed by atoms with Gasteiger partial charge < -0.3 is 23.5 Å². The molecule has 0 aliphatic rings. The van der Waals surface area contributed by atoms with Crippen LogP contribution in [0.2, 0.25) is 15.5 Å². The first-order valence-corrected chi connectivity index (χ1v) is 16.7. The lowest BCUT2D eigenvalue weighted by molar-refractivity contribution is -0.143. The SMILES string of the molecule is CC(N)C(F)(F)F.CC(Nc1c(-c2ncccc2C(F)(F)F)c(Cl)nc2c(C#N)cnn12)C(F)(F)F.N#Cc1cnn2c(Cl)c(-c3ncccc3C(F)(F)F)c(Cl)nc12.[Cl-]. The minimum Gasteiger partial charge on any atom is -1.00 e. The van der Waals surface area contributed by atoms with Gasteiger partial charge in [0.25, 0.3) is 0 Å². The number of hydrogen-bond donors (Lipinski definition) is 2. The number of nitrogens with one attached hydrogen (secondary N) is 1. The first kappa shape index (κ1) is 49.0. The number of fused-ring (bicyclic) bond motifs is 2. The summed E-state index contributed by atoms with van der Waals surface area (Å²) in [6.45, 7) is 1.67. The molecule has 6 aromatic rings. The van der Waals surface area contributed by atoms with Crippen LogP contribution in [0.5, 0.6) is 0 Å². The molecule has 0 radical (unpaired) electrons. The maximum Gasteiger partial charge on any atom is 0.418 e. The fraction of sp³-hybridized carbons (Fsp3) is 0.250. The number of hydrogen-bond acceptors (Lipinski definition) is 10. The second kappa shape index (κ2) is 18.5. The van der Waals surface area contributed by atoms with Gasteiger partial charge in [-0.3, -0.25) is 9.97 Å². The minimum atomic E-state index is -4.86. The first-order valence-electron chi connectivity index (χ1n) is 15.5. The van der Waals surface area contributed by atoms with Crippen molar-refractivity contribution in [2.75, 3.05) is 5.32 Å². The highest BCUT2D eigenvalue weighted by molar-refractivity contribution is 6.38. The number of rotatable bonds is 4. The highest BCUT2D eigenvalue weighted by atomic mass is 35.5. The Bertz CT molecular complexity index is 2570. The van der Waals surface area contributed by atoms with Gasteiger partial charge in [-0.1, -0.05) is 34.8 Å². The molecular formula is C32H19Cl4F12N12-. The van der Waals surface area contributed by atoms with Crippen molar-refractivity contribution in [3.8, 4) is 34.7 Å². The number of alkyl halides is 12. The Morgan fingerprint density at radius 1 is 0.683 bits per heavy atom. The van der Waals surface area contributed by atoms with E-state index in [1.165, 1.54) is 12.4 Å². The zero-order valence-corrected chi connectivity index (χ0v) is 32.4. The molecule has 0 saturated heterocycles. The fourth-order valence-corrected chi connectivity index (χ4v) is 5.42. The summed E-state index contributed by atoms with van der Waals surface area (Å²) in [5.74, 6) is -0.532. The van der Waals surface area contributed by atoms with Gasteiger partial charge in [0.15, 0.2) is 11.3 Å². The predicted octanol–water partition coefficient (Wildman–Crippen LogP) is 6.59. The summed E-state index contributed by atoms with van der Waals surface area (Å²) in [5.41, 5.74) is 0.0888. The van der Waals surface area contributed by atoms with Gasteiger partial charge in [0.1, 0.15) is 50.6 Å². The molecule has 3 N–H and O–H groups in total. The van der Waals surface area contributed by atoms with Gasteiger partial charge in [-0.2, -0.15) is 77.9 Å². The zero-order chi connectivity index (χ0) is 44.4. The Morgan fingerprint density at radius 2 is 1.08 bits per heavy atom. The molecule has 12 nitrogen and oxygen atoms in total. The van der Waals surface area contributed by atoms with Crippen molar-refractivity contribution in [3.05, 3.63) is 86.8 Å². The lowest BCUT2D eigenvalue weighted by atomic mass is 10.1. The molecule has 0 saturated carbocycles. The van der Waals surface area contributed by atoms with Crippen LogP contribution in [0.4, 0.5) is 58.5 Å². The average Bonchev–Trinajstić information content (AvgIpc) is 3.74. The number of nitriles is 2. The smallest absolute Gasteiger partial charge is 0.418 e. The van der Waals surface area contributed by atoms with Gasteiger partial charge in [0, 0.05) is 12.4 Å². The fourth-order valence-electron chi connectivity index (χ4n) is 4.55. The zero-order valence-electron chi connectivity index (χ0n) is 29.4. The van der Waals surface area contributed by atoms with Crippen molar-refractivity contribution in [2.24, 2.45) is 5.73 Å². The third-order valence-corrected chi connectivity index (χ3v) is 8.35. The molecule has 60 heavy (non-hydrogen) atoms. The molecule has 0 spiro atoms. The summed E-state index contributed by atoms with van der Waals surface area (Å²) < 4.78 is 154. The molecule has 6 rings (SSSR count). The number of halogens is 16. The third-order valence-electron chi connectivity index (χ3n) is 7.45. The molecule has 0 fully saturated rings. The predicted molar refractivity (Wildman–Crippen MR) is 186 cm³/mol. The monoisotopic (exact) mass is 939 g/mol. The second-order valence-corrected chi connectivity index (χ2v) is 12.6. The highest BCUT2D eigenvalue weighted by Gasteiger charge is 2.40. The van der Waals surface area contributed by atoms with E-state index in [4.69, 9.17) is 45.3 Å². The summed E-state index contributed by atoms with van der Waals surface area (Å²) >= 11 is 18.2. The van der Waals surface area contributed by atoms with E-state index < -0.39 is 75.8 Å². The summed E-state index contributed by atoms with van der Waals surface area (Å²) in [7, 11) is 0.